The summed E-state index contributed by atoms with van der Waals surface area (Å²) in [4.78, 5) is 11.7. The third-order valence-electron chi connectivity index (χ3n) is 2.27. The van der Waals surface area contributed by atoms with Crippen LogP contribution in [0.5, 0.6) is 0 Å². The quantitative estimate of drug-likeness (QED) is 0.429. The predicted molar refractivity (Wildman–Crippen MR) is 59.8 cm³/mol. The van der Waals surface area contributed by atoms with Crippen molar-refractivity contribution in [2.45, 2.75) is 53.1 Å². The van der Waals surface area contributed by atoms with Crippen molar-refractivity contribution >= 4 is 5.97 Å². The maximum atomic E-state index is 12.3. The molecule has 0 saturated carbocycles. The van der Waals surface area contributed by atoms with Gasteiger partial charge < -0.3 is 4.74 Å². The molecule has 0 aromatic heterocycles. The number of rotatable bonds is 2. The Hall–Kier alpha value is -1.21. The average Bonchev–Trinajstić information content (AvgIpc) is 2.06. The number of carbonyl (C=O) groups excluding carboxylic acids is 1. The molecule has 8 heteroatoms. The lowest BCUT2D eigenvalue weighted by molar-refractivity contribution is -0.312. The minimum Gasteiger partial charge on any atom is -0.439 e. The van der Waals surface area contributed by atoms with Gasteiger partial charge in [0.15, 0.2) is 0 Å². The lowest BCUT2D eigenvalue weighted by atomic mass is 9.84. The number of hydrogen-bond acceptors (Lipinski definition) is 2. The highest BCUT2D eigenvalue weighted by molar-refractivity contribution is 5.90. The Labute approximate surface area is 112 Å². The highest BCUT2D eigenvalue weighted by Crippen LogP contribution is 2.38. The second kappa shape index (κ2) is 5.65. The Morgan fingerprint density at radius 2 is 1.25 bits per heavy atom. The van der Waals surface area contributed by atoms with Gasteiger partial charge >= 0.3 is 18.3 Å². The Kier molecular flexibility index (Phi) is 5.31. The van der Waals surface area contributed by atoms with E-state index >= 15 is 0 Å². The van der Waals surface area contributed by atoms with E-state index in [9.17, 15) is 31.1 Å². The van der Waals surface area contributed by atoms with Crippen LogP contribution in [0.1, 0.15) is 34.6 Å². The van der Waals surface area contributed by atoms with Gasteiger partial charge in [0.05, 0.1) is 0 Å². The van der Waals surface area contributed by atoms with Gasteiger partial charge in [-0.3, -0.25) is 0 Å². The van der Waals surface area contributed by atoms with Crippen LogP contribution in [-0.4, -0.2) is 24.4 Å². The van der Waals surface area contributed by atoms with Gasteiger partial charge in [0.25, 0.3) is 6.10 Å². The van der Waals surface area contributed by atoms with Gasteiger partial charge in [-0.15, -0.1) is 0 Å². The smallest absolute Gasteiger partial charge is 0.434 e. The number of esters is 1. The molecule has 0 aliphatic rings. The number of allylic oxidation sites excluding steroid dienone is 1. The first kappa shape index (κ1) is 18.8. The fourth-order valence-electron chi connectivity index (χ4n) is 1.75. The van der Waals surface area contributed by atoms with Gasteiger partial charge in [-0.2, -0.15) is 26.3 Å². The van der Waals surface area contributed by atoms with E-state index in [4.69, 9.17) is 0 Å². The summed E-state index contributed by atoms with van der Waals surface area (Å²) in [5.41, 5.74) is -0.848. The number of carbonyl (C=O) groups is 1. The largest absolute Gasteiger partial charge is 0.439 e. The number of halogens is 6. The highest BCUT2D eigenvalue weighted by Gasteiger charge is 2.60. The minimum atomic E-state index is -5.71. The third kappa shape index (κ3) is 5.05. The molecule has 0 unspecified atom stereocenters. The zero-order valence-electron chi connectivity index (χ0n) is 11.7. The maximum Gasteiger partial charge on any atom is 0.434 e. The van der Waals surface area contributed by atoms with Crippen LogP contribution in [0.3, 0.4) is 0 Å². The zero-order valence-corrected chi connectivity index (χ0v) is 11.7. The van der Waals surface area contributed by atoms with Crippen molar-refractivity contribution in [3.8, 4) is 0 Å². The van der Waals surface area contributed by atoms with E-state index < -0.39 is 29.8 Å². The Balaban J connectivity index is 5.49. The highest BCUT2D eigenvalue weighted by atomic mass is 19.4. The average molecular weight is 306 g/mol. The molecule has 0 N–H and O–H groups in total. The van der Waals surface area contributed by atoms with Crippen LogP contribution >= 0.6 is 0 Å². The van der Waals surface area contributed by atoms with Crippen LogP contribution in [0.25, 0.3) is 0 Å². The molecule has 0 atom stereocenters. The molecule has 0 heterocycles. The summed E-state index contributed by atoms with van der Waals surface area (Å²) in [5, 5.41) is 0. The van der Waals surface area contributed by atoms with Crippen molar-refractivity contribution in [3.05, 3.63) is 11.1 Å². The second-order valence-electron chi connectivity index (χ2n) is 5.49. The number of ether oxygens (including phenoxy) is 1. The molecule has 0 aromatic carbocycles. The normalized spacial score (nSPS) is 13.4. The molecule has 118 valence electrons. The second-order valence-corrected chi connectivity index (χ2v) is 5.49. The molecule has 0 amide bonds. The van der Waals surface area contributed by atoms with E-state index in [-0.39, 0.29) is 5.57 Å². The molecular weight excluding hydrogens is 290 g/mol. The first-order valence-electron chi connectivity index (χ1n) is 5.61. The lowest BCUT2D eigenvalue weighted by Crippen LogP contribution is -2.46. The van der Waals surface area contributed by atoms with Crippen LogP contribution in [-0.2, 0) is 9.53 Å². The van der Waals surface area contributed by atoms with Gasteiger partial charge in [0.1, 0.15) is 0 Å². The number of hydrogen-bond donors (Lipinski definition) is 0. The Morgan fingerprint density at radius 3 is 1.45 bits per heavy atom. The molecule has 0 aliphatic heterocycles. The van der Waals surface area contributed by atoms with E-state index in [0.717, 1.165) is 0 Å². The molecule has 20 heavy (non-hydrogen) atoms. The summed E-state index contributed by atoms with van der Waals surface area (Å²) >= 11 is 0. The summed E-state index contributed by atoms with van der Waals surface area (Å²) < 4.78 is 77.6. The molecule has 0 aliphatic carbocycles. The maximum absolute atomic E-state index is 12.3. The van der Waals surface area contributed by atoms with Crippen molar-refractivity contribution in [2.75, 3.05) is 0 Å². The standard InChI is InChI=1S/C12H16F6O2/c1-6(2)7(10(3,4)5)8(19)20-9(11(13,14)15)12(16,17)18/h9H,1-5H3. The molecule has 0 radical (unpaired) electrons. The molecule has 0 bridgehead atoms. The van der Waals surface area contributed by atoms with Crippen molar-refractivity contribution < 1.29 is 35.9 Å². The van der Waals surface area contributed by atoms with Gasteiger partial charge in [-0.05, 0) is 19.3 Å². The molecule has 2 nitrogen and oxygen atoms in total. The van der Waals surface area contributed by atoms with Crippen LogP contribution in [0.15, 0.2) is 11.1 Å². The van der Waals surface area contributed by atoms with Gasteiger partial charge in [-0.25, -0.2) is 4.79 Å². The number of alkyl halides is 6. The summed E-state index contributed by atoms with van der Waals surface area (Å²) in [6.45, 7) is 7.31. The molecule has 0 fully saturated rings. The zero-order chi connectivity index (χ0) is 16.5. The van der Waals surface area contributed by atoms with Gasteiger partial charge in [0, 0.05) is 5.57 Å². The van der Waals surface area contributed by atoms with Crippen molar-refractivity contribution in [2.24, 2.45) is 5.41 Å². The van der Waals surface area contributed by atoms with Crippen LogP contribution in [0.4, 0.5) is 26.3 Å². The summed E-state index contributed by atoms with van der Waals surface area (Å²) in [5.74, 6) is -1.61. The van der Waals surface area contributed by atoms with Crippen molar-refractivity contribution in [3.63, 3.8) is 0 Å². The first-order valence-corrected chi connectivity index (χ1v) is 5.61. The summed E-state index contributed by atoms with van der Waals surface area (Å²) in [6, 6.07) is 0. The first-order chi connectivity index (χ1) is 8.58. The fourth-order valence-corrected chi connectivity index (χ4v) is 1.75. The Morgan fingerprint density at radius 1 is 0.900 bits per heavy atom. The SMILES string of the molecule is CC(C)=C(C(=O)OC(C(F)(F)F)C(F)(F)F)C(C)(C)C. The van der Waals surface area contributed by atoms with Crippen LogP contribution < -0.4 is 0 Å². The molecule has 0 spiro atoms. The van der Waals surface area contributed by atoms with Crippen molar-refractivity contribution in [1.82, 2.24) is 0 Å². The third-order valence-corrected chi connectivity index (χ3v) is 2.27. The molecule has 0 rings (SSSR count). The van der Waals surface area contributed by atoms with Gasteiger partial charge in [0.2, 0.25) is 0 Å². The molecular formula is C12H16F6O2. The fraction of sp³-hybridized carbons (Fsp3) is 0.750. The molecule has 0 saturated heterocycles. The summed E-state index contributed by atoms with van der Waals surface area (Å²) in [6.07, 6.45) is -15.5. The van der Waals surface area contributed by atoms with Gasteiger partial charge in [-0.1, -0.05) is 26.3 Å². The topological polar surface area (TPSA) is 26.3 Å². The minimum absolute atomic E-state index is 0.212. The van der Waals surface area contributed by atoms with Crippen molar-refractivity contribution in [1.29, 1.82) is 0 Å². The van der Waals surface area contributed by atoms with E-state index in [2.05, 4.69) is 4.74 Å². The van der Waals surface area contributed by atoms with E-state index in [1.165, 1.54) is 34.6 Å². The van der Waals surface area contributed by atoms with E-state index in [0.29, 0.717) is 5.57 Å². The van der Waals surface area contributed by atoms with Crippen LogP contribution in [0.2, 0.25) is 0 Å². The Bertz CT molecular complexity index is 380. The lowest BCUT2D eigenvalue weighted by Gasteiger charge is -2.27. The predicted octanol–water partition coefficient (Wildman–Crippen LogP) is 4.41. The van der Waals surface area contributed by atoms with E-state index in [1.807, 2.05) is 0 Å². The monoisotopic (exact) mass is 306 g/mol. The van der Waals surface area contributed by atoms with Crippen LogP contribution in [0, 0.1) is 5.41 Å². The van der Waals surface area contributed by atoms with E-state index in [1.54, 1.807) is 0 Å². The summed E-state index contributed by atoms with van der Waals surface area (Å²) in [7, 11) is 0. The molecule has 0 aromatic rings.